The van der Waals surface area contributed by atoms with Crippen LogP contribution in [0.4, 0.5) is 0 Å². The SMILES string of the molecule is CC(C)C(=O)Oc1ccc(Cc2ncncn2)cc1. The molecule has 0 atom stereocenters. The number of carbonyl (C=O) groups excluding carboxylic acids is 1. The van der Waals surface area contributed by atoms with E-state index in [0.717, 1.165) is 5.56 Å². The molecule has 0 aliphatic carbocycles. The second kappa shape index (κ2) is 6.04. The molecular formula is C14H15N3O2. The number of ether oxygens (including phenoxy) is 1. The molecule has 2 aromatic rings. The second-order valence-electron chi connectivity index (χ2n) is 4.45. The van der Waals surface area contributed by atoms with Crippen LogP contribution in [0.15, 0.2) is 36.9 Å². The van der Waals surface area contributed by atoms with E-state index in [1.54, 1.807) is 26.0 Å². The number of carbonyl (C=O) groups is 1. The van der Waals surface area contributed by atoms with E-state index >= 15 is 0 Å². The van der Waals surface area contributed by atoms with Crippen molar-refractivity contribution < 1.29 is 9.53 Å². The number of nitrogens with zero attached hydrogens (tertiary/aromatic N) is 3. The van der Waals surface area contributed by atoms with Crippen molar-refractivity contribution >= 4 is 5.97 Å². The van der Waals surface area contributed by atoms with Crippen molar-refractivity contribution in [3.63, 3.8) is 0 Å². The summed E-state index contributed by atoms with van der Waals surface area (Å²) in [5.74, 6) is 0.898. The van der Waals surface area contributed by atoms with E-state index in [0.29, 0.717) is 18.0 Å². The maximum atomic E-state index is 11.4. The van der Waals surface area contributed by atoms with Crippen molar-refractivity contribution in [2.75, 3.05) is 0 Å². The third-order valence-corrected chi connectivity index (χ3v) is 2.52. The zero-order valence-electron chi connectivity index (χ0n) is 10.9. The van der Waals surface area contributed by atoms with Crippen molar-refractivity contribution in [1.29, 1.82) is 0 Å². The van der Waals surface area contributed by atoms with Gasteiger partial charge in [-0.25, -0.2) is 15.0 Å². The molecule has 0 amide bonds. The molecule has 19 heavy (non-hydrogen) atoms. The first kappa shape index (κ1) is 13.1. The molecule has 98 valence electrons. The Kier molecular flexibility index (Phi) is 4.18. The molecule has 0 spiro atoms. The lowest BCUT2D eigenvalue weighted by Crippen LogP contribution is -2.14. The van der Waals surface area contributed by atoms with Crippen LogP contribution in [0, 0.1) is 5.92 Å². The highest BCUT2D eigenvalue weighted by atomic mass is 16.5. The maximum absolute atomic E-state index is 11.4. The summed E-state index contributed by atoms with van der Waals surface area (Å²) in [6.45, 7) is 3.61. The first-order valence-electron chi connectivity index (χ1n) is 6.06. The van der Waals surface area contributed by atoms with Gasteiger partial charge in [0.2, 0.25) is 0 Å². The monoisotopic (exact) mass is 257 g/mol. The fourth-order valence-electron chi connectivity index (χ4n) is 1.45. The smallest absolute Gasteiger partial charge is 0.313 e. The zero-order valence-corrected chi connectivity index (χ0v) is 10.9. The average molecular weight is 257 g/mol. The first-order valence-corrected chi connectivity index (χ1v) is 6.06. The normalized spacial score (nSPS) is 10.5. The van der Waals surface area contributed by atoms with Gasteiger partial charge in [-0.2, -0.15) is 0 Å². The lowest BCUT2D eigenvalue weighted by Gasteiger charge is -2.07. The number of aromatic nitrogens is 3. The quantitative estimate of drug-likeness (QED) is 0.619. The van der Waals surface area contributed by atoms with Crippen molar-refractivity contribution in [3.05, 3.63) is 48.3 Å². The van der Waals surface area contributed by atoms with Gasteiger partial charge < -0.3 is 4.74 Å². The molecule has 1 heterocycles. The summed E-state index contributed by atoms with van der Waals surface area (Å²) >= 11 is 0. The molecule has 0 aliphatic heterocycles. The largest absolute Gasteiger partial charge is 0.426 e. The Hall–Kier alpha value is -2.30. The van der Waals surface area contributed by atoms with Gasteiger partial charge >= 0.3 is 5.97 Å². The van der Waals surface area contributed by atoms with E-state index in [9.17, 15) is 4.79 Å². The molecule has 0 aliphatic rings. The van der Waals surface area contributed by atoms with E-state index in [-0.39, 0.29) is 11.9 Å². The molecular weight excluding hydrogens is 242 g/mol. The Balaban J connectivity index is 2.01. The van der Waals surface area contributed by atoms with Gasteiger partial charge in [0.1, 0.15) is 24.2 Å². The Morgan fingerprint density at radius 2 is 1.79 bits per heavy atom. The van der Waals surface area contributed by atoms with Gasteiger partial charge in [-0.15, -0.1) is 0 Å². The van der Waals surface area contributed by atoms with Crippen molar-refractivity contribution in [3.8, 4) is 5.75 Å². The van der Waals surface area contributed by atoms with Gasteiger partial charge in [-0.05, 0) is 17.7 Å². The minimum absolute atomic E-state index is 0.134. The highest BCUT2D eigenvalue weighted by Gasteiger charge is 2.09. The van der Waals surface area contributed by atoms with Crippen LogP contribution in [-0.2, 0) is 11.2 Å². The molecule has 0 unspecified atom stereocenters. The first-order chi connectivity index (χ1) is 9.15. The molecule has 5 nitrogen and oxygen atoms in total. The predicted molar refractivity (Wildman–Crippen MR) is 69.5 cm³/mol. The van der Waals surface area contributed by atoms with Gasteiger partial charge in [0.15, 0.2) is 0 Å². The molecule has 1 aromatic carbocycles. The second-order valence-corrected chi connectivity index (χ2v) is 4.45. The fraction of sp³-hybridized carbons (Fsp3) is 0.286. The summed E-state index contributed by atoms with van der Waals surface area (Å²) in [5.41, 5.74) is 1.05. The van der Waals surface area contributed by atoms with Gasteiger partial charge in [0, 0.05) is 6.42 Å². The molecule has 0 fully saturated rings. The van der Waals surface area contributed by atoms with Crippen LogP contribution in [0.5, 0.6) is 5.75 Å². The summed E-state index contributed by atoms with van der Waals surface area (Å²) in [7, 11) is 0. The molecule has 1 aromatic heterocycles. The Morgan fingerprint density at radius 1 is 1.16 bits per heavy atom. The number of esters is 1. The maximum Gasteiger partial charge on any atom is 0.313 e. The molecule has 2 rings (SSSR count). The highest BCUT2D eigenvalue weighted by Crippen LogP contribution is 2.15. The van der Waals surface area contributed by atoms with Crippen LogP contribution in [0.3, 0.4) is 0 Å². The molecule has 0 radical (unpaired) electrons. The lowest BCUT2D eigenvalue weighted by atomic mass is 10.1. The summed E-state index contributed by atoms with van der Waals surface area (Å²) in [6, 6.07) is 7.34. The number of rotatable bonds is 4. The van der Waals surface area contributed by atoms with Gasteiger partial charge in [0.25, 0.3) is 0 Å². The lowest BCUT2D eigenvalue weighted by molar-refractivity contribution is -0.137. The van der Waals surface area contributed by atoms with E-state index in [2.05, 4.69) is 15.0 Å². The number of hydrogen-bond acceptors (Lipinski definition) is 5. The average Bonchev–Trinajstić information content (AvgIpc) is 2.42. The van der Waals surface area contributed by atoms with Crippen LogP contribution in [0.2, 0.25) is 0 Å². The minimum atomic E-state index is -0.231. The van der Waals surface area contributed by atoms with Gasteiger partial charge in [-0.3, -0.25) is 4.79 Å². The third kappa shape index (κ3) is 3.84. The Labute approximate surface area is 111 Å². The number of benzene rings is 1. The van der Waals surface area contributed by atoms with Gasteiger partial charge in [-0.1, -0.05) is 26.0 Å². The predicted octanol–water partition coefficient (Wildman–Crippen LogP) is 2.02. The van der Waals surface area contributed by atoms with E-state index in [1.807, 2.05) is 12.1 Å². The summed E-state index contributed by atoms with van der Waals surface area (Å²) in [6.07, 6.45) is 3.57. The summed E-state index contributed by atoms with van der Waals surface area (Å²) < 4.78 is 5.20. The van der Waals surface area contributed by atoms with Crippen LogP contribution in [0.1, 0.15) is 25.2 Å². The van der Waals surface area contributed by atoms with E-state index in [1.165, 1.54) is 12.7 Å². The van der Waals surface area contributed by atoms with Crippen molar-refractivity contribution in [2.24, 2.45) is 5.92 Å². The standard InChI is InChI=1S/C14H15N3O2/c1-10(2)14(18)19-12-5-3-11(4-6-12)7-13-16-8-15-9-17-13/h3-6,8-10H,7H2,1-2H3. The summed E-state index contributed by atoms with van der Waals surface area (Å²) in [4.78, 5) is 23.3. The third-order valence-electron chi connectivity index (χ3n) is 2.52. The van der Waals surface area contributed by atoms with Crippen LogP contribution >= 0.6 is 0 Å². The topological polar surface area (TPSA) is 65.0 Å². The highest BCUT2D eigenvalue weighted by molar-refractivity contribution is 5.74. The molecule has 0 N–H and O–H groups in total. The zero-order chi connectivity index (χ0) is 13.7. The van der Waals surface area contributed by atoms with Crippen molar-refractivity contribution in [2.45, 2.75) is 20.3 Å². The molecule has 5 heteroatoms. The van der Waals surface area contributed by atoms with Crippen LogP contribution in [-0.4, -0.2) is 20.9 Å². The molecule has 0 saturated carbocycles. The summed E-state index contributed by atoms with van der Waals surface area (Å²) in [5, 5.41) is 0. The van der Waals surface area contributed by atoms with E-state index < -0.39 is 0 Å². The Morgan fingerprint density at radius 3 is 2.37 bits per heavy atom. The van der Waals surface area contributed by atoms with Crippen LogP contribution < -0.4 is 4.74 Å². The van der Waals surface area contributed by atoms with Gasteiger partial charge in [0.05, 0.1) is 5.92 Å². The molecule has 0 saturated heterocycles. The van der Waals surface area contributed by atoms with Crippen molar-refractivity contribution in [1.82, 2.24) is 15.0 Å². The number of hydrogen-bond donors (Lipinski definition) is 0. The molecule has 0 bridgehead atoms. The fourth-order valence-corrected chi connectivity index (χ4v) is 1.45. The minimum Gasteiger partial charge on any atom is -0.426 e. The van der Waals surface area contributed by atoms with Crippen LogP contribution in [0.25, 0.3) is 0 Å². The van der Waals surface area contributed by atoms with E-state index in [4.69, 9.17) is 4.74 Å². The Bertz CT molecular complexity index is 538.